The number of pyridine rings is 1. The number of para-hydroxylation sites is 1. The summed E-state index contributed by atoms with van der Waals surface area (Å²) < 4.78 is 38.5. The van der Waals surface area contributed by atoms with Crippen LogP contribution in [-0.4, -0.2) is 4.98 Å². The molecule has 0 fully saturated rings. The van der Waals surface area contributed by atoms with Crippen LogP contribution in [0.25, 0.3) is 10.9 Å². The Kier molecular flexibility index (Phi) is 2.66. The van der Waals surface area contributed by atoms with Gasteiger partial charge in [-0.1, -0.05) is 18.2 Å². The zero-order valence-corrected chi connectivity index (χ0v) is 9.85. The second-order valence-corrected chi connectivity index (χ2v) is 4.27. The first-order valence-corrected chi connectivity index (χ1v) is 5.32. The van der Waals surface area contributed by atoms with E-state index >= 15 is 0 Å². The van der Waals surface area contributed by atoms with E-state index in [-0.39, 0.29) is 9.99 Å². The van der Waals surface area contributed by atoms with Crippen molar-refractivity contribution in [3.63, 3.8) is 0 Å². The van der Waals surface area contributed by atoms with Gasteiger partial charge >= 0.3 is 6.18 Å². The molecular weight excluding hydrogens is 283 g/mol. The Morgan fingerprint density at radius 2 is 1.94 bits per heavy atom. The van der Waals surface area contributed by atoms with Gasteiger partial charge in [-0.3, -0.25) is 0 Å². The largest absolute Gasteiger partial charge is 0.417 e. The van der Waals surface area contributed by atoms with Crippen LogP contribution in [0.15, 0.2) is 28.9 Å². The molecule has 2 rings (SSSR count). The fraction of sp³-hybridized carbons (Fsp3) is 0.182. The molecule has 0 atom stereocenters. The summed E-state index contributed by atoms with van der Waals surface area (Å²) in [4.78, 5) is 4.07. The zero-order valence-electron chi connectivity index (χ0n) is 8.27. The van der Waals surface area contributed by atoms with Crippen LogP contribution in [0.5, 0.6) is 0 Å². The maximum Gasteiger partial charge on any atom is 0.417 e. The molecule has 0 saturated carbocycles. The predicted molar refractivity (Wildman–Crippen MR) is 59.2 cm³/mol. The molecule has 0 aliphatic rings. The van der Waals surface area contributed by atoms with E-state index in [9.17, 15) is 13.2 Å². The first-order chi connectivity index (χ1) is 7.39. The van der Waals surface area contributed by atoms with Gasteiger partial charge in [-0.2, -0.15) is 13.2 Å². The van der Waals surface area contributed by atoms with E-state index in [2.05, 4.69) is 20.9 Å². The minimum atomic E-state index is -4.36. The van der Waals surface area contributed by atoms with Crippen LogP contribution in [0.4, 0.5) is 13.2 Å². The molecule has 0 saturated heterocycles. The van der Waals surface area contributed by atoms with Gasteiger partial charge < -0.3 is 0 Å². The van der Waals surface area contributed by atoms with Crippen molar-refractivity contribution in [1.29, 1.82) is 0 Å². The number of halogens is 4. The van der Waals surface area contributed by atoms with E-state index in [1.165, 1.54) is 6.07 Å². The van der Waals surface area contributed by atoms with Gasteiger partial charge in [-0.25, -0.2) is 4.98 Å². The fourth-order valence-corrected chi connectivity index (χ4v) is 2.00. The van der Waals surface area contributed by atoms with Crippen molar-refractivity contribution in [2.45, 2.75) is 13.1 Å². The lowest BCUT2D eigenvalue weighted by molar-refractivity contribution is -0.136. The Labute approximate surface area is 98.4 Å². The Bertz CT molecular complexity index is 549. The molecule has 0 aliphatic carbocycles. The minimum Gasteiger partial charge on any atom is -0.241 e. The number of hydrogen-bond acceptors (Lipinski definition) is 1. The second kappa shape index (κ2) is 3.73. The van der Waals surface area contributed by atoms with E-state index in [1.54, 1.807) is 19.1 Å². The highest BCUT2D eigenvalue weighted by Gasteiger charge is 2.33. The molecule has 1 heterocycles. The standard InChI is InChI=1S/C11H7BrF3N/c1-6-3-2-4-7-8(11(13,14)15)5-9(12)16-10(6)7/h2-5H,1H3. The summed E-state index contributed by atoms with van der Waals surface area (Å²) >= 11 is 3.00. The van der Waals surface area contributed by atoms with Crippen molar-refractivity contribution >= 4 is 26.8 Å². The maximum atomic E-state index is 12.8. The molecule has 84 valence electrons. The third kappa shape index (κ3) is 1.91. The summed E-state index contributed by atoms with van der Waals surface area (Å²) in [7, 11) is 0. The predicted octanol–water partition coefficient (Wildman–Crippen LogP) is 4.32. The molecule has 0 radical (unpaired) electrons. The minimum absolute atomic E-state index is 0.135. The van der Waals surface area contributed by atoms with Crippen LogP contribution in [-0.2, 0) is 6.18 Å². The first kappa shape index (κ1) is 11.4. The Morgan fingerprint density at radius 3 is 2.56 bits per heavy atom. The molecule has 1 nitrogen and oxygen atoms in total. The summed E-state index contributed by atoms with van der Waals surface area (Å²) in [6, 6.07) is 5.77. The van der Waals surface area contributed by atoms with Gasteiger partial charge in [-0.15, -0.1) is 0 Å². The zero-order chi connectivity index (χ0) is 11.9. The van der Waals surface area contributed by atoms with Crippen molar-refractivity contribution in [3.05, 3.63) is 40.0 Å². The van der Waals surface area contributed by atoms with Gasteiger partial charge in [-0.05, 0) is 34.5 Å². The molecule has 0 aliphatic heterocycles. The molecule has 1 aromatic heterocycles. The number of fused-ring (bicyclic) bond motifs is 1. The van der Waals surface area contributed by atoms with Crippen molar-refractivity contribution in [2.24, 2.45) is 0 Å². The highest BCUT2D eigenvalue weighted by atomic mass is 79.9. The quantitative estimate of drug-likeness (QED) is 0.658. The van der Waals surface area contributed by atoms with E-state index in [4.69, 9.17) is 0 Å². The van der Waals surface area contributed by atoms with E-state index in [1.807, 2.05) is 0 Å². The second-order valence-electron chi connectivity index (χ2n) is 3.46. The topological polar surface area (TPSA) is 12.9 Å². The number of aryl methyl sites for hydroxylation is 1. The van der Waals surface area contributed by atoms with Crippen LogP contribution >= 0.6 is 15.9 Å². The molecule has 0 amide bonds. The number of benzene rings is 1. The third-order valence-electron chi connectivity index (χ3n) is 2.32. The lowest BCUT2D eigenvalue weighted by Crippen LogP contribution is -2.07. The maximum absolute atomic E-state index is 12.8. The van der Waals surface area contributed by atoms with Gasteiger partial charge in [0, 0.05) is 5.39 Å². The van der Waals surface area contributed by atoms with Crippen LogP contribution in [0.1, 0.15) is 11.1 Å². The fourth-order valence-electron chi connectivity index (χ4n) is 1.60. The van der Waals surface area contributed by atoms with Crippen molar-refractivity contribution in [2.75, 3.05) is 0 Å². The number of nitrogens with zero attached hydrogens (tertiary/aromatic N) is 1. The van der Waals surface area contributed by atoms with Gasteiger partial charge in [0.2, 0.25) is 0 Å². The van der Waals surface area contributed by atoms with Gasteiger partial charge in [0.25, 0.3) is 0 Å². The average Bonchev–Trinajstić information content (AvgIpc) is 2.17. The molecule has 1 aromatic carbocycles. The van der Waals surface area contributed by atoms with Crippen LogP contribution in [0.3, 0.4) is 0 Å². The number of hydrogen-bond donors (Lipinski definition) is 0. The molecule has 0 unspecified atom stereocenters. The Hall–Kier alpha value is -1.10. The summed E-state index contributed by atoms with van der Waals surface area (Å²) in [6.45, 7) is 1.74. The number of rotatable bonds is 0. The molecule has 0 bridgehead atoms. The average molecular weight is 290 g/mol. The summed E-state index contributed by atoms with van der Waals surface area (Å²) in [5.74, 6) is 0. The molecule has 2 aromatic rings. The van der Waals surface area contributed by atoms with Crippen molar-refractivity contribution in [1.82, 2.24) is 4.98 Å². The molecule has 16 heavy (non-hydrogen) atoms. The lowest BCUT2D eigenvalue weighted by Gasteiger charge is -2.11. The molecule has 0 spiro atoms. The van der Waals surface area contributed by atoms with Crippen molar-refractivity contribution in [3.8, 4) is 0 Å². The Balaban J connectivity index is 2.89. The smallest absolute Gasteiger partial charge is 0.241 e. The molecule has 5 heteroatoms. The molecule has 0 N–H and O–H groups in total. The summed E-state index contributed by atoms with van der Waals surface area (Å²) in [5.41, 5.74) is 0.446. The highest BCUT2D eigenvalue weighted by molar-refractivity contribution is 9.10. The van der Waals surface area contributed by atoms with E-state index in [0.29, 0.717) is 5.52 Å². The van der Waals surface area contributed by atoms with E-state index < -0.39 is 11.7 Å². The van der Waals surface area contributed by atoms with Crippen LogP contribution in [0.2, 0.25) is 0 Å². The van der Waals surface area contributed by atoms with Crippen LogP contribution < -0.4 is 0 Å². The van der Waals surface area contributed by atoms with Gasteiger partial charge in [0.1, 0.15) is 4.60 Å². The first-order valence-electron chi connectivity index (χ1n) is 4.52. The van der Waals surface area contributed by atoms with Crippen molar-refractivity contribution < 1.29 is 13.2 Å². The molecular formula is C11H7BrF3N. The Morgan fingerprint density at radius 1 is 1.25 bits per heavy atom. The van der Waals surface area contributed by atoms with Gasteiger partial charge in [0.05, 0.1) is 11.1 Å². The lowest BCUT2D eigenvalue weighted by atomic mass is 10.1. The van der Waals surface area contributed by atoms with Crippen LogP contribution in [0, 0.1) is 6.92 Å². The summed E-state index contributed by atoms with van der Waals surface area (Å²) in [6.07, 6.45) is -4.36. The number of aromatic nitrogens is 1. The normalized spacial score (nSPS) is 12.1. The summed E-state index contributed by atoms with van der Waals surface area (Å²) in [5, 5.41) is 0.135. The SMILES string of the molecule is Cc1cccc2c(C(F)(F)F)cc(Br)nc12. The third-order valence-corrected chi connectivity index (χ3v) is 2.72. The highest BCUT2D eigenvalue weighted by Crippen LogP contribution is 2.36. The number of alkyl halides is 3. The monoisotopic (exact) mass is 289 g/mol. The van der Waals surface area contributed by atoms with E-state index in [0.717, 1.165) is 11.6 Å². The van der Waals surface area contributed by atoms with Gasteiger partial charge in [0.15, 0.2) is 0 Å².